The van der Waals surface area contributed by atoms with Gasteiger partial charge in [0, 0.05) is 31.9 Å². The lowest BCUT2D eigenvalue weighted by Gasteiger charge is -2.22. The molecule has 0 amide bonds. The molecular weight excluding hydrogens is 453 g/mol. The van der Waals surface area contributed by atoms with Crippen LogP contribution in [0.2, 0.25) is 5.02 Å². The van der Waals surface area contributed by atoms with Crippen LogP contribution in [0.3, 0.4) is 0 Å². The van der Waals surface area contributed by atoms with E-state index in [0.717, 1.165) is 30.5 Å². The Kier molecular flexibility index (Phi) is 9.66. The van der Waals surface area contributed by atoms with E-state index in [1.54, 1.807) is 6.20 Å². The van der Waals surface area contributed by atoms with Crippen LogP contribution in [0.25, 0.3) is 0 Å². The van der Waals surface area contributed by atoms with E-state index in [2.05, 4.69) is 27.2 Å². The van der Waals surface area contributed by atoms with Crippen molar-refractivity contribution in [3.63, 3.8) is 0 Å². The zero-order chi connectivity index (χ0) is 17.4. The summed E-state index contributed by atoms with van der Waals surface area (Å²) in [7, 11) is 3.91. The molecule has 0 fully saturated rings. The largest absolute Gasteiger partial charge is 0.492 e. The highest BCUT2D eigenvalue weighted by molar-refractivity contribution is 14.0. The topological polar surface area (TPSA) is 54.7 Å². The van der Waals surface area contributed by atoms with Crippen molar-refractivity contribution in [2.24, 2.45) is 12.0 Å². The molecule has 1 aromatic carbocycles. The molecule has 0 saturated heterocycles. The van der Waals surface area contributed by atoms with Crippen molar-refractivity contribution < 1.29 is 4.74 Å². The highest BCUT2D eigenvalue weighted by Crippen LogP contribution is 2.15. The Labute approximate surface area is 171 Å². The van der Waals surface area contributed by atoms with Crippen LogP contribution in [-0.4, -0.2) is 47.4 Å². The van der Waals surface area contributed by atoms with Gasteiger partial charge >= 0.3 is 0 Å². The first-order valence-corrected chi connectivity index (χ1v) is 8.32. The predicted octanol–water partition coefficient (Wildman–Crippen LogP) is 3.17. The predicted molar refractivity (Wildman–Crippen MR) is 113 cm³/mol. The van der Waals surface area contributed by atoms with E-state index < -0.39 is 0 Å². The van der Waals surface area contributed by atoms with E-state index in [1.807, 2.05) is 49.1 Å². The number of guanidine groups is 1. The maximum atomic E-state index is 5.87. The lowest BCUT2D eigenvalue weighted by molar-refractivity contribution is 0.281. The van der Waals surface area contributed by atoms with Crippen LogP contribution in [0.1, 0.15) is 12.6 Å². The highest BCUT2D eigenvalue weighted by Gasteiger charge is 2.06. The fraction of sp³-hybridized carbons (Fsp3) is 0.412. The standard InChI is InChI=1S/C17H24ClN5O.HI/c1-4-19-17(20-13-15-9-10-21-23(15)3)22(2)11-12-24-16-7-5-14(18)6-8-16;/h5-10H,4,11-13H2,1-3H3,(H,19,20);1H. The highest BCUT2D eigenvalue weighted by atomic mass is 127. The number of likely N-dealkylation sites (N-methyl/N-ethyl adjacent to an activating group) is 1. The van der Waals surface area contributed by atoms with Crippen molar-refractivity contribution in [1.82, 2.24) is 20.0 Å². The second-order valence-electron chi connectivity index (χ2n) is 5.34. The minimum atomic E-state index is 0. The molecule has 8 heteroatoms. The Balaban J connectivity index is 0.00000312. The normalized spacial score (nSPS) is 11.0. The summed E-state index contributed by atoms with van der Waals surface area (Å²) in [4.78, 5) is 6.70. The van der Waals surface area contributed by atoms with Gasteiger partial charge in [-0.2, -0.15) is 5.10 Å². The third-order valence-electron chi connectivity index (χ3n) is 3.52. The van der Waals surface area contributed by atoms with Crippen molar-refractivity contribution in [3.05, 3.63) is 47.2 Å². The minimum Gasteiger partial charge on any atom is -0.492 e. The third kappa shape index (κ3) is 7.11. The Bertz CT molecular complexity index is 659. The number of aryl methyl sites for hydroxylation is 1. The summed E-state index contributed by atoms with van der Waals surface area (Å²) in [6.45, 7) is 4.74. The molecule has 0 radical (unpaired) electrons. The van der Waals surface area contributed by atoms with E-state index in [-0.39, 0.29) is 24.0 Å². The summed E-state index contributed by atoms with van der Waals surface area (Å²) >= 11 is 5.87. The number of nitrogens with zero attached hydrogens (tertiary/aromatic N) is 4. The van der Waals surface area contributed by atoms with Crippen molar-refractivity contribution in [2.75, 3.05) is 26.7 Å². The summed E-state index contributed by atoms with van der Waals surface area (Å²) in [6.07, 6.45) is 1.78. The number of aliphatic imine (C=N–C) groups is 1. The van der Waals surface area contributed by atoms with Gasteiger partial charge in [0.1, 0.15) is 12.4 Å². The van der Waals surface area contributed by atoms with Crippen LogP contribution in [0.4, 0.5) is 0 Å². The number of nitrogens with one attached hydrogen (secondary N) is 1. The van der Waals surface area contributed by atoms with Crippen LogP contribution < -0.4 is 10.1 Å². The molecular formula is C17H25ClIN5O. The fourth-order valence-corrected chi connectivity index (χ4v) is 2.25. The molecule has 0 saturated carbocycles. The second-order valence-corrected chi connectivity index (χ2v) is 5.78. The van der Waals surface area contributed by atoms with E-state index in [1.165, 1.54) is 0 Å². The van der Waals surface area contributed by atoms with Gasteiger partial charge in [0.2, 0.25) is 0 Å². The number of halogens is 2. The summed E-state index contributed by atoms with van der Waals surface area (Å²) in [5.74, 6) is 1.66. The van der Waals surface area contributed by atoms with Crippen molar-refractivity contribution in [3.8, 4) is 5.75 Å². The molecule has 0 bridgehead atoms. The molecule has 2 aromatic rings. The van der Waals surface area contributed by atoms with Gasteiger partial charge in [-0.15, -0.1) is 24.0 Å². The summed E-state index contributed by atoms with van der Waals surface area (Å²) in [5, 5.41) is 8.16. The first-order valence-electron chi connectivity index (χ1n) is 7.95. The van der Waals surface area contributed by atoms with Crippen LogP contribution in [0.5, 0.6) is 5.75 Å². The van der Waals surface area contributed by atoms with Gasteiger partial charge < -0.3 is 15.0 Å². The van der Waals surface area contributed by atoms with Crippen molar-refractivity contribution in [2.45, 2.75) is 13.5 Å². The molecule has 25 heavy (non-hydrogen) atoms. The van der Waals surface area contributed by atoms with Crippen LogP contribution in [0.15, 0.2) is 41.5 Å². The minimum absolute atomic E-state index is 0. The quantitative estimate of drug-likeness (QED) is 0.378. The lowest BCUT2D eigenvalue weighted by Crippen LogP contribution is -2.40. The Hall–Kier alpha value is -1.48. The van der Waals surface area contributed by atoms with Gasteiger partial charge in [0.25, 0.3) is 0 Å². The number of hydrogen-bond donors (Lipinski definition) is 1. The number of aromatic nitrogens is 2. The van der Waals surface area contributed by atoms with Crippen LogP contribution in [0, 0.1) is 0 Å². The number of ether oxygens (including phenoxy) is 1. The molecule has 0 atom stereocenters. The molecule has 1 N–H and O–H groups in total. The number of rotatable bonds is 7. The van der Waals surface area contributed by atoms with E-state index >= 15 is 0 Å². The molecule has 0 unspecified atom stereocenters. The smallest absolute Gasteiger partial charge is 0.194 e. The van der Waals surface area contributed by atoms with Crippen molar-refractivity contribution in [1.29, 1.82) is 0 Å². The van der Waals surface area contributed by atoms with Gasteiger partial charge in [-0.3, -0.25) is 4.68 Å². The van der Waals surface area contributed by atoms with Crippen LogP contribution >= 0.6 is 35.6 Å². The van der Waals surface area contributed by atoms with Gasteiger partial charge in [0.05, 0.1) is 18.8 Å². The molecule has 2 rings (SSSR count). The SMILES string of the molecule is CCNC(=NCc1ccnn1C)N(C)CCOc1ccc(Cl)cc1.I. The molecule has 138 valence electrons. The summed E-state index contributed by atoms with van der Waals surface area (Å²) in [6, 6.07) is 9.34. The van der Waals surface area contributed by atoms with E-state index in [0.29, 0.717) is 18.2 Å². The molecule has 1 aromatic heterocycles. The zero-order valence-corrected chi connectivity index (χ0v) is 17.9. The number of benzene rings is 1. The first-order chi connectivity index (χ1) is 11.6. The van der Waals surface area contributed by atoms with Crippen molar-refractivity contribution >= 4 is 41.5 Å². The average molecular weight is 478 g/mol. The van der Waals surface area contributed by atoms with E-state index in [9.17, 15) is 0 Å². The Morgan fingerprint density at radius 2 is 2.04 bits per heavy atom. The Morgan fingerprint density at radius 1 is 1.32 bits per heavy atom. The third-order valence-corrected chi connectivity index (χ3v) is 3.77. The monoisotopic (exact) mass is 477 g/mol. The molecule has 1 heterocycles. The maximum absolute atomic E-state index is 5.87. The molecule has 0 aliphatic carbocycles. The molecule has 0 aliphatic heterocycles. The average Bonchev–Trinajstić information content (AvgIpc) is 2.98. The maximum Gasteiger partial charge on any atom is 0.194 e. The lowest BCUT2D eigenvalue weighted by atomic mass is 10.3. The Morgan fingerprint density at radius 3 is 2.64 bits per heavy atom. The summed E-state index contributed by atoms with van der Waals surface area (Å²) < 4.78 is 7.56. The second kappa shape index (κ2) is 11.2. The van der Waals surface area contributed by atoms with Gasteiger partial charge in [0.15, 0.2) is 5.96 Å². The van der Waals surface area contributed by atoms with Gasteiger partial charge in [-0.1, -0.05) is 11.6 Å². The van der Waals surface area contributed by atoms with Gasteiger partial charge in [-0.05, 0) is 37.3 Å². The fourth-order valence-electron chi connectivity index (χ4n) is 2.12. The number of hydrogen-bond acceptors (Lipinski definition) is 3. The first kappa shape index (κ1) is 21.6. The molecule has 6 nitrogen and oxygen atoms in total. The van der Waals surface area contributed by atoms with Gasteiger partial charge in [-0.25, -0.2) is 4.99 Å². The van der Waals surface area contributed by atoms with E-state index in [4.69, 9.17) is 16.3 Å². The molecule has 0 spiro atoms. The zero-order valence-electron chi connectivity index (χ0n) is 14.8. The summed E-state index contributed by atoms with van der Waals surface area (Å²) in [5.41, 5.74) is 1.07. The molecule has 0 aliphatic rings. The van der Waals surface area contributed by atoms with Crippen LogP contribution in [-0.2, 0) is 13.6 Å².